The van der Waals surface area contributed by atoms with E-state index in [1.165, 1.54) is 36.4 Å². The molecule has 0 fully saturated rings. The van der Waals surface area contributed by atoms with Crippen molar-refractivity contribution in [1.29, 1.82) is 0 Å². The van der Waals surface area contributed by atoms with Crippen LogP contribution in [0.1, 0.15) is 44.2 Å². The van der Waals surface area contributed by atoms with Crippen LogP contribution < -0.4 is 27.4 Å². The zero-order chi connectivity index (χ0) is 31.6. The van der Waals surface area contributed by atoms with Gasteiger partial charge in [0.05, 0.1) is 4.32 Å². The Bertz CT molecular complexity index is 1280. The molecule has 0 aliphatic rings. The third-order valence-electron chi connectivity index (χ3n) is 6.36. The lowest BCUT2D eigenvalue weighted by Gasteiger charge is -2.26. The molecular weight excluding hydrogens is 614 g/mol. The molecule has 0 aliphatic heterocycles. The molecule has 2 aromatic rings. The van der Waals surface area contributed by atoms with Gasteiger partial charge >= 0.3 is 0 Å². The highest BCUT2D eigenvalue weighted by Gasteiger charge is 2.32. The lowest BCUT2D eigenvalue weighted by molar-refractivity contribution is -0.133. The Labute approximate surface area is 251 Å². The van der Waals surface area contributed by atoms with Gasteiger partial charge < -0.3 is 47.8 Å². The number of phenolic OH excluding ortho intramolecular Hbond substituents is 4. The molecule has 14 heteroatoms. The summed E-state index contributed by atoms with van der Waals surface area (Å²) in [5.74, 6) is -4.31. The Hall–Kier alpha value is -4.04. The van der Waals surface area contributed by atoms with Crippen LogP contribution in [0, 0.1) is 0 Å². The lowest BCUT2D eigenvalue weighted by Crippen LogP contribution is -2.58. The number of hydrogen-bond donors (Lipinski definition) is 9. The average Bonchev–Trinajstić information content (AvgIpc) is 2.90. The number of alkyl halides is 1. The van der Waals surface area contributed by atoms with E-state index in [2.05, 4.69) is 31.9 Å². The summed E-state index contributed by atoms with van der Waals surface area (Å²) >= 11 is 3.25. The summed E-state index contributed by atoms with van der Waals surface area (Å²) in [4.78, 5) is 51.8. The number of nitrogens with two attached hydrogens (primary N) is 2. The molecule has 0 heterocycles. The molecule has 0 radical (unpaired) electrons. The topological polar surface area (TPSA) is 237 Å². The van der Waals surface area contributed by atoms with E-state index in [0.29, 0.717) is 30.5 Å². The van der Waals surface area contributed by atoms with E-state index in [1.54, 1.807) is 13.8 Å². The van der Waals surface area contributed by atoms with Gasteiger partial charge in [0.2, 0.25) is 23.6 Å². The fourth-order valence-corrected chi connectivity index (χ4v) is 4.05. The number of halogens is 1. The molecule has 4 amide bonds. The van der Waals surface area contributed by atoms with E-state index in [9.17, 15) is 39.6 Å². The minimum absolute atomic E-state index is 0.0834. The van der Waals surface area contributed by atoms with Crippen molar-refractivity contribution in [2.24, 2.45) is 11.5 Å². The summed E-state index contributed by atoms with van der Waals surface area (Å²) in [6.07, 6.45) is 0.988. The molecular formula is C28H38BrN5O8. The van der Waals surface area contributed by atoms with Crippen molar-refractivity contribution >= 4 is 39.6 Å². The second kappa shape index (κ2) is 15.3. The predicted octanol–water partition coefficient (Wildman–Crippen LogP) is 0.536. The molecule has 0 aliphatic carbocycles. The van der Waals surface area contributed by atoms with Gasteiger partial charge in [-0.05, 0) is 75.0 Å². The first-order valence-corrected chi connectivity index (χ1v) is 14.0. The summed E-state index contributed by atoms with van der Waals surface area (Å²) in [5.41, 5.74) is 11.9. The number of carbonyl (C=O) groups is 4. The van der Waals surface area contributed by atoms with Crippen LogP contribution in [0.4, 0.5) is 0 Å². The predicted molar refractivity (Wildman–Crippen MR) is 158 cm³/mol. The van der Waals surface area contributed by atoms with Crippen molar-refractivity contribution in [3.8, 4) is 23.0 Å². The number of benzene rings is 2. The van der Waals surface area contributed by atoms with Crippen LogP contribution in [0.5, 0.6) is 23.0 Å². The molecule has 0 aromatic heterocycles. The molecule has 0 saturated carbocycles. The number of unbranched alkanes of at least 4 members (excludes halogenated alkanes) is 1. The monoisotopic (exact) mass is 651 g/mol. The number of phenols is 4. The second-order valence-corrected chi connectivity index (χ2v) is 12.3. The summed E-state index contributed by atoms with van der Waals surface area (Å²) in [5, 5.41) is 46.7. The van der Waals surface area contributed by atoms with E-state index in [4.69, 9.17) is 11.5 Å². The number of nitrogens with one attached hydrogen (secondary N) is 3. The Kier molecular flexibility index (Phi) is 12.4. The fraction of sp³-hybridized carbons (Fsp3) is 0.429. The van der Waals surface area contributed by atoms with Gasteiger partial charge in [0, 0.05) is 12.8 Å². The molecule has 0 saturated heterocycles. The number of amides is 4. The Balaban J connectivity index is 2.29. The minimum Gasteiger partial charge on any atom is -0.504 e. The van der Waals surface area contributed by atoms with Crippen LogP contribution in [0.25, 0.3) is 0 Å². The highest BCUT2D eigenvalue weighted by Crippen LogP contribution is 2.26. The maximum absolute atomic E-state index is 13.5. The molecule has 42 heavy (non-hydrogen) atoms. The zero-order valence-corrected chi connectivity index (χ0v) is 25.0. The zero-order valence-electron chi connectivity index (χ0n) is 23.4. The van der Waals surface area contributed by atoms with E-state index >= 15 is 0 Å². The van der Waals surface area contributed by atoms with Gasteiger partial charge in [0.1, 0.15) is 18.1 Å². The van der Waals surface area contributed by atoms with Gasteiger partial charge in [-0.1, -0.05) is 28.1 Å². The van der Waals surface area contributed by atoms with E-state index in [0.717, 1.165) is 0 Å². The summed E-state index contributed by atoms with van der Waals surface area (Å²) in [7, 11) is 0. The smallest absolute Gasteiger partial charge is 0.243 e. The maximum atomic E-state index is 13.5. The van der Waals surface area contributed by atoms with Crippen molar-refractivity contribution < 1.29 is 39.6 Å². The van der Waals surface area contributed by atoms with Gasteiger partial charge in [0.15, 0.2) is 23.0 Å². The molecule has 2 rings (SSSR count). The number of carbonyl (C=O) groups excluding carboxylic acids is 4. The SMILES string of the molecule is CC(C)(Br)C(=O)N[C@@H](Cc1ccc(O)c(O)c1)C(=O)N[C@@H](CCCCN)C(=O)N[C@@H](Cc1ccc(O)c(O)c1)C(N)=O. The third-order valence-corrected chi connectivity index (χ3v) is 6.72. The quantitative estimate of drug-likeness (QED) is 0.0740. The molecule has 2 aromatic carbocycles. The minimum atomic E-state index is -1.21. The standard InChI is InChI=1S/C28H38BrN5O8/c1-28(2,29)27(42)34-19(12-16-7-9-21(36)23(38)14-16)26(41)32-17(5-3-4-10-30)25(40)33-18(24(31)39)11-15-6-8-20(35)22(37)13-15/h6-9,13-14,17-19,35-38H,3-5,10-12,30H2,1-2H3,(H2,31,39)(H,32,41)(H,33,40)(H,34,42)/t17-,18-,19-/m0/s1. The van der Waals surface area contributed by atoms with Gasteiger partial charge in [0.25, 0.3) is 0 Å². The van der Waals surface area contributed by atoms with Crippen LogP contribution >= 0.6 is 15.9 Å². The highest BCUT2D eigenvalue weighted by atomic mass is 79.9. The molecule has 0 unspecified atom stereocenters. The van der Waals surface area contributed by atoms with E-state index in [1.807, 2.05) is 0 Å². The molecule has 0 bridgehead atoms. The number of primary amides is 1. The third kappa shape index (κ3) is 10.4. The van der Waals surface area contributed by atoms with Crippen LogP contribution in [-0.4, -0.2) is 73.0 Å². The number of aromatic hydroxyl groups is 4. The summed E-state index contributed by atoms with van der Waals surface area (Å²) < 4.78 is -1.03. The van der Waals surface area contributed by atoms with E-state index < -0.39 is 57.6 Å². The highest BCUT2D eigenvalue weighted by molar-refractivity contribution is 9.10. The molecule has 0 spiro atoms. The van der Waals surface area contributed by atoms with Gasteiger partial charge in [-0.25, -0.2) is 0 Å². The van der Waals surface area contributed by atoms with E-state index in [-0.39, 0.29) is 30.8 Å². The second-order valence-electron chi connectivity index (χ2n) is 10.4. The van der Waals surface area contributed by atoms with Crippen LogP contribution in [0.3, 0.4) is 0 Å². The van der Waals surface area contributed by atoms with Crippen molar-refractivity contribution in [2.45, 2.75) is 68.4 Å². The molecule has 230 valence electrons. The van der Waals surface area contributed by atoms with Crippen molar-refractivity contribution in [2.75, 3.05) is 6.54 Å². The lowest BCUT2D eigenvalue weighted by atomic mass is 10.0. The first-order valence-electron chi connectivity index (χ1n) is 13.2. The molecule has 3 atom stereocenters. The van der Waals surface area contributed by atoms with Crippen molar-refractivity contribution in [3.63, 3.8) is 0 Å². The number of rotatable bonds is 15. The largest absolute Gasteiger partial charge is 0.504 e. The van der Waals surface area contributed by atoms with Crippen LogP contribution in [0.2, 0.25) is 0 Å². The Morgan fingerprint density at radius 2 is 1.24 bits per heavy atom. The average molecular weight is 653 g/mol. The molecule has 11 N–H and O–H groups in total. The van der Waals surface area contributed by atoms with Gasteiger partial charge in [-0.15, -0.1) is 0 Å². The molecule has 13 nitrogen and oxygen atoms in total. The van der Waals surface area contributed by atoms with Gasteiger partial charge in [-0.3, -0.25) is 19.2 Å². The summed E-state index contributed by atoms with van der Waals surface area (Å²) in [6, 6.07) is 4.37. The van der Waals surface area contributed by atoms with Crippen molar-refractivity contribution in [1.82, 2.24) is 16.0 Å². The van der Waals surface area contributed by atoms with Crippen molar-refractivity contribution in [3.05, 3.63) is 47.5 Å². The normalized spacial score (nSPS) is 13.4. The van der Waals surface area contributed by atoms with Gasteiger partial charge in [-0.2, -0.15) is 0 Å². The van der Waals surface area contributed by atoms with Crippen LogP contribution in [-0.2, 0) is 32.0 Å². The Morgan fingerprint density at radius 1 is 0.762 bits per heavy atom. The Morgan fingerprint density at radius 3 is 1.69 bits per heavy atom. The first-order chi connectivity index (χ1) is 19.6. The first kappa shape index (κ1) is 34.2. The number of hydrogen-bond acceptors (Lipinski definition) is 9. The maximum Gasteiger partial charge on any atom is 0.243 e. The van der Waals surface area contributed by atoms with Crippen LogP contribution in [0.15, 0.2) is 36.4 Å². The summed E-state index contributed by atoms with van der Waals surface area (Å²) in [6.45, 7) is 3.52. The fourth-order valence-electron chi connectivity index (χ4n) is 3.93.